The predicted molar refractivity (Wildman–Crippen MR) is 155 cm³/mol. The maximum absolute atomic E-state index is 3.77. The molecule has 0 N–H and O–H groups in total. The molecule has 0 saturated carbocycles. The predicted octanol–water partition coefficient (Wildman–Crippen LogP) is 8.42. The molecule has 4 rings (SSSR count). The highest BCUT2D eigenvalue weighted by Gasteiger charge is 2.48. The van der Waals surface area contributed by atoms with Crippen LogP contribution in [0.4, 0.5) is 11.4 Å². The third-order valence-electron chi connectivity index (χ3n) is 5.85. The molecule has 0 amide bonds. The molecule has 3 aromatic rings. The summed E-state index contributed by atoms with van der Waals surface area (Å²) in [4.78, 5) is 4.58. The van der Waals surface area contributed by atoms with Crippen LogP contribution in [0.5, 0.6) is 0 Å². The molecule has 1 aliphatic rings. The Bertz CT molecular complexity index is 1150. The van der Waals surface area contributed by atoms with Crippen molar-refractivity contribution in [3.8, 4) is 0 Å². The highest BCUT2D eigenvalue weighted by Crippen LogP contribution is 2.54. The van der Waals surface area contributed by atoms with Gasteiger partial charge >= 0.3 is 0 Å². The summed E-state index contributed by atoms with van der Waals surface area (Å²) in [6.45, 7) is 16.9. The number of alkyl halides is 2. The van der Waals surface area contributed by atoms with Crippen LogP contribution >= 0.6 is 45.2 Å². The number of rotatable bonds is 3. The Morgan fingerprint density at radius 2 is 1.19 bits per heavy atom. The maximum Gasteiger partial charge on any atom is 0.215 e. The molecule has 1 fully saturated rings. The fraction of sp³-hybridized carbons (Fsp3) is 0.250. The van der Waals surface area contributed by atoms with Crippen LogP contribution in [0.2, 0.25) is 0 Å². The van der Waals surface area contributed by atoms with Gasteiger partial charge in [0, 0.05) is 11.4 Å². The fourth-order valence-electron chi connectivity index (χ4n) is 4.74. The molecule has 2 nitrogen and oxygen atoms in total. The Morgan fingerprint density at radius 1 is 0.719 bits per heavy atom. The summed E-state index contributed by atoms with van der Waals surface area (Å²) in [6, 6.07) is 19.6. The summed E-state index contributed by atoms with van der Waals surface area (Å²) in [5, 5.41) is 0. The van der Waals surface area contributed by atoms with E-state index in [-0.39, 0.29) is 1.55 Å². The largest absolute Gasteiger partial charge is 0.312 e. The zero-order chi connectivity index (χ0) is 23.2. The van der Waals surface area contributed by atoms with Gasteiger partial charge in [0.05, 0.1) is 5.70 Å². The summed E-state index contributed by atoms with van der Waals surface area (Å²) in [7, 11) is 0. The Morgan fingerprint density at radius 3 is 1.69 bits per heavy atom. The molecule has 32 heavy (non-hydrogen) atoms. The average molecular weight is 646 g/mol. The lowest BCUT2D eigenvalue weighted by atomic mass is 10.0. The normalized spacial score (nSPS) is 16.8. The van der Waals surface area contributed by atoms with Crippen LogP contribution in [0, 0.1) is 48.2 Å². The third-order valence-corrected chi connectivity index (χ3v) is 7.92. The molecule has 0 spiro atoms. The molecule has 0 atom stereocenters. The second-order valence-electron chi connectivity index (χ2n) is 8.75. The molecule has 0 aliphatic carbocycles. The van der Waals surface area contributed by atoms with E-state index >= 15 is 0 Å². The summed E-state index contributed by atoms with van der Waals surface area (Å²) in [6.07, 6.45) is 2.30. The van der Waals surface area contributed by atoms with E-state index in [9.17, 15) is 0 Å². The van der Waals surface area contributed by atoms with E-state index in [2.05, 4.69) is 164 Å². The van der Waals surface area contributed by atoms with E-state index in [4.69, 9.17) is 0 Å². The topological polar surface area (TPSA) is 6.48 Å². The van der Waals surface area contributed by atoms with E-state index in [1.807, 2.05) is 0 Å². The van der Waals surface area contributed by atoms with E-state index < -0.39 is 0 Å². The third kappa shape index (κ3) is 4.32. The first kappa shape index (κ1) is 23.6. The van der Waals surface area contributed by atoms with Crippen molar-refractivity contribution in [3.05, 3.63) is 106 Å². The van der Waals surface area contributed by atoms with E-state index in [0.717, 1.165) is 0 Å². The van der Waals surface area contributed by atoms with Gasteiger partial charge < -0.3 is 9.80 Å². The van der Waals surface area contributed by atoms with E-state index in [1.54, 1.807) is 0 Å². The van der Waals surface area contributed by atoms with E-state index in [1.165, 1.54) is 56.0 Å². The van der Waals surface area contributed by atoms with Crippen LogP contribution in [-0.4, -0.2) is 1.55 Å². The molecule has 0 bridgehead atoms. The smallest absolute Gasteiger partial charge is 0.215 e. The highest BCUT2D eigenvalue weighted by atomic mass is 127. The first-order chi connectivity index (χ1) is 15.1. The van der Waals surface area contributed by atoms with Gasteiger partial charge in [0.25, 0.3) is 0 Å². The lowest BCUT2D eigenvalue weighted by molar-refractivity contribution is 1.01. The summed E-state index contributed by atoms with van der Waals surface area (Å²) in [5.74, 6) is 0. The van der Waals surface area contributed by atoms with Crippen molar-refractivity contribution in [2.24, 2.45) is 0 Å². The van der Waals surface area contributed by atoms with Crippen LogP contribution in [0.15, 0.2) is 60.3 Å². The minimum absolute atomic E-state index is 0.333. The minimum atomic E-state index is -0.333. The molecule has 1 aliphatic heterocycles. The second-order valence-corrected chi connectivity index (χ2v) is 13.9. The van der Waals surface area contributed by atoms with Crippen molar-refractivity contribution in [2.45, 2.75) is 43.1 Å². The fourth-order valence-corrected chi connectivity index (χ4v) is 6.23. The number of aryl methyl sites for hydroxylation is 6. The summed E-state index contributed by atoms with van der Waals surface area (Å²) < 4.78 is -0.333. The van der Waals surface area contributed by atoms with Crippen molar-refractivity contribution >= 4 is 62.6 Å². The number of anilines is 2. The molecule has 0 unspecified atom stereocenters. The van der Waals surface area contributed by atoms with Crippen LogP contribution in [0.25, 0.3) is 6.08 Å². The zero-order valence-corrected chi connectivity index (χ0v) is 23.7. The number of hydrogen-bond acceptors (Lipinski definition) is 2. The lowest BCUT2D eigenvalue weighted by Crippen LogP contribution is -2.32. The quantitative estimate of drug-likeness (QED) is 0.160. The Kier molecular flexibility index (Phi) is 6.65. The minimum Gasteiger partial charge on any atom is -0.312 e. The molecular formula is C28H28I2N2. The van der Waals surface area contributed by atoms with Gasteiger partial charge in [0.2, 0.25) is 6.67 Å². The number of hydrogen-bond donors (Lipinski definition) is 0. The second kappa shape index (κ2) is 9.01. The molecule has 4 heteroatoms. The molecular weight excluding hydrogens is 618 g/mol. The van der Waals surface area contributed by atoms with Gasteiger partial charge in [-0.3, -0.25) is 0 Å². The molecule has 3 aromatic carbocycles. The lowest BCUT2D eigenvalue weighted by Gasteiger charge is -2.31. The van der Waals surface area contributed by atoms with Gasteiger partial charge in [0.1, 0.15) is 0 Å². The van der Waals surface area contributed by atoms with Crippen LogP contribution < -0.4 is 9.80 Å². The standard InChI is InChI=1S/C28H28I2N2/c1-18-12-20(3)26(21(4)13-18)31-17-32(27-22(5)14-19(2)15-23(27)6)28(29,30)25(31)16-24-10-8-7-9-11-24/h7-16H,1-6H3. The molecule has 0 aromatic heterocycles. The SMILES string of the molecule is Cc1cc(C)c(N2[C]N(c3c(C)cc(C)cc3C)C(I)(I)C2=Cc2ccccc2)c(C)c1. The molecule has 164 valence electrons. The van der Waals surface area contributed by atoms with Crippen molar-refractivity contribution in [2.75, 3.05) is 9.80 Å². The number of nitrogens with zero attached hydrogens (tertiary/aromatic N) is 2. The van der Waals surface area contributed by atoms with Crippen molar-refractivity contribution < 1.29 is 0 Å². The van der Waals surface area contributed by atoms with Gasteiger partial charge in [0.15, 0.2) is 1.55 Å². The maximum atomic E-state index is 3.77. The van der Waals surface area contributed by atoms with Gasteiger partial charge in [-0.1, -0.05) is 65.7 Å². The molecule has 2 radical (unpaired) electrons. The zero-order valence-electron chi connectivity index (χ0n) is 19.4. The first-order valence-corrected chi connectivity index (χ1v) is 12.9. The van der Waals surface area contributed by atoms with Crippen molar-refractivity contribution in [1.29, 1.82) is 0 Å². The summed E-state index contributed by atoms with van der Waals surface area (Å²) >= 11 is 5.15. The average Bonchev–Trinajstić information content (AvgIpc) is 2.92. The van der Waals surface area contributed by atoms with E-state index in [0.29, 0.717) is 0 Å². The Balaban J connectivity index is 1.94. The van der Waals surface area contributed by atoms with Crippen LogP contribution in [-0.2, 0) is 0 Å². The number of halogens is 2. The monoisotopic (exact) mass is 646 g/mol. The van der Waals surface area contributed by atoms with Gasteiger partial charge in [-0.05, 0) is 121 Å². The van der Waals surface area contributed by atoms with Gasteiger partial charge in [-0.25, -0.2) is 0 Å². The Hall–Kier alpha value is -1.54. The van der Waals surface area contributed by atoms with Gasteiger partial charge in [-0.15, -0.1) is 0 Å². The highest BCUT2D eigenvalue weighted by molar-refractivity contribution is 14.2. The van der Waals surface area contributed by atoms with Gasteiger partial charge in [-0.2, -0.15) is 0 Å². The van der Waals surface area contributed by atoms with Crippen LogP contribution in [0.3, 0.4) is 0 Å². The Labute approximate surface area is 220 Å². The molecule has 1 saturated heterocycles. The van der Waals surface area contributed by atoms with Crippen LogP contribution in [0.1, 0.15) is 38.9 Å². The van der Waals surface area contributed by atoms with Crippen molar-refractivity contribution in [3.63, 3.8) is 0 Å². The van der Waals surface area contributed by atoms with Crippen molar-refractivity contribution in [1.82, 2.24) is 0 Å². The first-order valence-electron chi connectivity index (χ1n) is 10.8. The summed E-state index contributed by atoms with van der Waals surface area (Å²) in [5.41, 5.74) is 12.5. The number of benzene rings is 3. The molecule has 1 heterocycles.